The van der Waals surface area contributed by atoms with Gasteiger partial charge in [-0.15, -0.1) is 0 Å². The summed E-state index contributed by atoms with van der Waals surface area (Å²) in [5.41, 5.74) is 1.24. The molecule has 0 aliphatic heterocycles. The van der Waals surface area contributed by atoms with Crippen molar-refractivity contribution in [3.05, 3.63) is 40.6 Å². The summed E-state index contributed by atoms with van der Waals surface area (Å²) >= 11 is 7.38. The molecule has 0 heterocycles. The number of ketones is 1. The summed E-state index contributed by atoms with van der Waals surface area (Å²) in [5, 5.41) is 0. The van der Waals surface area contributed by atoms with Crippen LogP contribution in [0.4, 0.5) is 0 Å². The van der Waals surface area contributed by atoms with Gasteiger partial charge in [0, 0.05) is 18.6 Å². The summed E-state index contributed by atoms with van der Waals surface area (Å²) < 4.78 is 12.3. The van der Waals surface area contributed by atoms with E-state index in [1.807, 2.05) is 26.0 Å². The zero-order chi connectivity index (χ0) is 20.2. The maximum atomic E-state index is 13.1. The highest BCUT2D eigenvalue weighted by molar-refractivity contribution is 8.67. The molecule has 27 heavy (non-hydrogen) atoms. The Morgan fingerprint density at radius 1 is 1.22 bits per heavy atom. The second-order valence-corrected chi connectivity index (χ2v) is 14.2. The zero-order valence-electron chi connectivity index (χ0n) is 17.3. The molecule has 0 saturated heterocycles. The third-order valence-electron chi connectivity index (χ3n) is 4.45. The van der Waals surface area contributed by atoms with Crippen molar-refractivity contribution in [2.75, 3.05) is 12.4 Å². The Morgan fingerprint density at radius 2 is 1.93 bits per heavy atom. The van der Waals surface area contributed by atoms with Gasteiger partial charge >= 0.3 is 0 Å². The van der Waals surface area contributed by atoms with Crippen molar-refractivity contribution < 1.29 is 13.8 Å². The molecule has 0 fully saturated rings. The Balaban J connectivity index is 2.55. The van der Waals surface area contributed by atoms with E-state index in [4.69, 9.17) is 20.9 Å². The summed E-state index contributed by atoms with van der Waals surface area (Å²) in [5.74, 6) is 1.73. The van der Waals surface area contributed by atoms with Gasteiger partial charge in [-0.3, -0.25) is 4.79 Å². The van der Waals surface area contributed by atoms with Crippen LogP contribution < -0.4 is 0 Å². The molecule has 0 aromatic heterocycles. The van der Waals surface area contributed by atoms with Crippen LogP contribution in [0, 0.1) is 19.3 Å². The number of carbonyl (C=O) groups is 1. The summed E-state index contributed by atoms with van der Waals surface area (Å²) in [6, 6.07) is 6.19. The van der Waals surface area contributed by atoms with Crippen molar-refractivity contribution in [1.29, 1.82) is 0 Å². The highest BCUT2D eigenvalue weighted by atomic mass is 32.9. The van der Waals surface area contributed by atoms with Crippen molar-refractivity contribution >= 4 is 40.2 Å². The van der Waals surface area contributed by atoms with Crippen LogP contribution in [-0.4, -0.2) is 18.1 Å². The maximum absolute atomic E-state index is 13.1. The summed E-state index contributed by atoms with van der Waals surface area (Å²) in [6.07, 6.45) is 2.22. The predicted octanol–water partition coefficient (Wildman–Crippen LogP) is 6.82. The molecule has 0 bridgehead atoms. The molecule has 0 amide bonds. The average molecular weight is 427 g/mol. The smallest absolute Gasteiger partial charge is 0.297 e. The van der Waals surface area contributed by atoms with Crippen molar-refractivity contribution in [3.8, 4) is 0 Å². The number of Topliss-reactive ketones (excluding diaryl/α,β-unsaturated/α-hetero) is 1. The Morgan fingerprint density at radius 3 is 2.52 bits per heavy atom. The summed E-state index contributed by atoms with van der Waals surface area (Å²) in [4.78, 5) is 13.1. The van der Waals surface area contributed by atoms with Gasteiger partial charge in [-0.2, -0.15) is 0 Å². The fourth-order valence-electron chi connectivity index (χ4n) is 3.32. The van der Waals surface area contributed by atoms with Gasteiger partial charge in [-0.05, 0) is 55.5 Å². The van der Waals surface area contributed by atoms with E-state index in [0.29, 0.717) is 30.8 Å². The predicted molar refractivity (Wildman–Crippen MR) is 121 cm³/mol. The molecule has 1 atom stereocenters. The van der Waals surface area contributed by atoms with Crippen LogP contribution in [0.1, 0.15) is 63.6 Å². The molecule has 0 radical (unpaired) electrons. The van der Waals surface area contributed by atoms with Crippen LogP contribution in [0.2, 0.25) is 0 Å². The minimum absolute atomic E-state index is 0.131. The molecular formula is C21H31O3PS2. The van der Waals surface area contributed by atoms with Crippen LogP contribution in [-0.2, 0) is 25.6 Å². The molecule has 150 valence electrons. The fraction of sp³-hybridized carbons (Fsp3) is 0.571. The second kappa shape index (κ2) is 9.26. The topological polar surface area (TPSA) is 35.5 Å². The Labute approximate surface area is 173 Å². The average Bonchev–Trinajstić information content (AvgIpc) is 2.53. The van der Waals surface area contributed by atoms with E-state index < -0.39 is 5.69 Å². The van der Waals surface area contributed by atoms with Crippen LogP contribution >= 0.6 is 17.1 Å². The first-order valence-electron chi connectivity index (χ1n) is 9.53. The quantitative estimate of drug-likeness (QED) is 0.426. The minimum Gasteiger partial charge on any atom is -0.440 e. The minimum atomic E-state index is -2.53. The highest BCUT2D eigenvalue weighted by Gasteiger charge is 2.37. The molecule has 2 rings (SSSR count). The molecule has 0 spiro atoms. The van der Waals surface area contributed by atoms with Gasteiger partial charge in [0.25, 0.3) is 5.69 Å². The van der Waals surface area contributed by atoms with Gasteiger partial charge in [-0.25, -0.2) is 0 Å². The normalized spacial score (nSPS) is 19.1. The molecule has 3 nitrogen and oxygen atoms in total. The summed E-state index contributed by atoms with van der Waals surface area (Å²) in [6.45, 7) is 12.9. The molecule has 6 heteroatoms. The van der Waals surface area contributed by atoms with E-state index in [1.165, 1.54) is 5.56 Å². The monoisotopic (exact) mass is 426 g/mol. The van der Waals surface area contributed by atoms with Gasteiger partial charge < -0.3 is 9.05 Å². The van der Waals surface area contributed by atoms with Crippen molar-refractivity contribution in [2.24, 2.45) is 5.41 Å². The number of aryl methyl sites for hydroxylation is 2. The SMILES string of the molecule is CCCSP(=S)(OCC)OC1=C(c2ccc(C)cc2C)C(=O)CC(C)(C)C1. The molecule has 0 N–H and O–H groups in total. The first kappa shape index (κ1) is 22.7. The molecule has 1 aromatic rings. The lowest BCUT2D eigenvalue weighted by molar-refractivity contribution is -0.116. The van der Waals surface area contributed by atoms with Crippen molar-refractivity contribution in [1.82, 2.24) is 0 Å². The van der Waals surface area contributed by atoms with Gasteiger partial charge in [0.2, 0.25) is 0 Å². The Bertz CT molecular complexity index is 784. The van der Waals surface area contributed by atoms with E-state index in [-0.39, 0.29) is 11.2 Å². The van der Waals surface area contributed by atoms with Crippen LogP contribution in [0.3, 0.4) is 0 Å². The molecule has 1 aromatic carbocycles. The van der Waals surface area contributed by atoms with E-state index in [0.717, 1.165) is 23.3 Å². The number of carbonyl (C=O) groups excluding carboxylic acids is 1. The highest BCUT2D eigenvalue weighted by Crippen LogP contribution is 2.64. The third kappa shape index (κ3) is 5.93. The van der Waals surface area contributed by atoms with Gasteiger partial charge in [0.05, 0.1) is 12.2 Å². The second-order valence-electron chi connectivity index (χ2n) is 7.85. The number of rotatable bonds is 8. The van der Waals surface area contributed by atoms with Crippen LogP contribution in [0.25, 0.3) is 5.57 Å². The Kier molecular flexibility index (Phi) is 7.78. The summed E-state index contributed by atoms with van der Waals surface area (Å²) in [7, 11) is 0. The maximum Gasteiger partial charge on any atom is 0.297 e. The lowest BCUT2D eigenvalue weighted by atomic mass is 9.74. The van der Waals surface area contributed by atoms with Crippen LogP contribution in [0.15, 0.2) is 24.0 Å². The standard InChI is InChI=1S/C21H31O3PS2/c1-7-11-27-25(26,23-8-2)24-19-14-21(5,6)13-18(22)20(19)17-10-9-15(3)12-16(17)4/h9-10,12H,7-8,11,13-14H2,1-6H3. The number of hydrogen-bond donors (Lipinski definition) is 0. The lowest BCUT2D eigenvalue weighted by Crippen LogP contribution is -2.26. The lowest BCUT2D eigenvalue weighted by Gasteiger charge is -2.34. The van der Waals surface area contributed by atoms with Gasteiger partial charge in [-0.1, -0.05) is 55.9 Å². The number of hydrogen-bond acceptors (Lipinski definition) is 5. The molecule has 1 aliphatic rings. The molecule has 1 aliphatic carbocycles. The zero-order valence-corrected chi connectivity index (χ0v) is 19.8. The van der Waals surface area contributed by atoms with Gasteiger partial charge in [0.15, 0.2) is 5.78 Å². The number of allylic oxidation sites excluding steroid dienone is 2. The van der Waals surface area contributed by atoms with E-state index in [1.54, 1.807) is 11.4 Å². The van der Waals surface area contributed by atoms with Crippen LogP contribution in [0.5, 0.6) is 0 Å². The van der Waals surface area contributed by atoms with Crippen molar-refractivity contribution in [3.63, 3.8) is 0 Å². The number of benzene rings is 1. The van der Waals surface area contributed by atoms with E-state index in [9.17, 15) is 4.79 Å². The first-order chi connectivity index (χ1) is 12.6. The van der Waals surface area contributed by atoms with Gasteiger partial charge in [0.1, 0.15) is 5.76 Å². The molecular weight excluding hydrogens is 395 g/mol. The molecule has 1 unspecified atom stereocenters. The fourth-order valence-corrected chi connectivity index (χ4v) is 8.09. The molecule has 0 saturated carbocycles. The van der Waals surface area contributed by atoms with E-state index >= 15 is 0 Å². The first-order valence-corrected chi connectivity index (χ1v) is 13.8. The van der Waals surface area contributed by atoms with E-state index in [2.05, 4.69) is 33.8 Å². The van der Waals surface area contributed by atoms with Crippen molar-refractivity contribution in [2.45, 2.75) is 60.8 Å². The third-order valence-corrected chi connectivity index (χ3v) is 9.90. The largest absolute Gasteiger partial charge is 0.440 e. The Hall–Kier alpha value is -0.610.